The van der Waals surface area contributed by atoms with Crippen LogP contribution in [-0.2, 0) is 20.8 Å². The summed E-state index contributed by atoms with van der Waals surface area (Å²) in [6, 6.07) is 6.08. The molecule has 2 rings (SSSR count). The van der Waals surface area contributed by atoms with Crippen LogP contribution in [0.4, 0.5) is 4.39 Å². The number of nitrogens with one attached hydrogen (secondary N) is 2. The molecule has 1 saturated heterocycles. The van der Waals surface area contributed by atoms with Crippen molar-refractivity contribution in [3.63, 3.8) is 0 Å². The first kappa shape index (κ1) is 19.7. The molecule has 4 atom stereocenters. The highest BCUT2D eigenvalue weighted by Gasteiger charge is 2.42. The number of hydrogen-bond donors (Lipinski definition) is 4. The number of carbonyl (C=O) groups is 1. The Balaban J connectivity index is 1.74. The topological polar surface area (TPSA) is 100 Å². The second-order valence-electron chi connectivity index (χ2n) is 6.00. The fourth-order valence-electron chi connectivity index (χ4n) is 2.67. The van der Waals surface area contributed by atoms with Gasteiger partial charge in [-0.3, -0.25) is 4.79 Å². The Bertz CT molecular complexity index is 542. The van der Waals surface area contributed by atoms with Crippen LogP contribution in [0, 0.1) is 5.82 Å². The van der Waals surface area contributed by atoms with Crippen molar-refractivity contribution >= 4 is 5.91 Å². The van der Waals surface area contributed by atoms with Gasteiger partial charge in [-0.05, 0) is 17.7 Å². The number of methoxy groups -OCH3 is 1. The maximum Gasteiger partial charge on any atom is 0.222 e. The van der Waals surface area contributed by atoms with E-state index < -0.39 is 24.4 Å². The molecule has 0 bridgehead atoms. The molecule has 25 heavy (non-hydrogen) atoms. The van der Waals surface area contributed by atoms with Gasteiger partial charge >= 0.3 is 0 Å². The third kappa shape index (κ3) is 6.02. The maximum absolute atomic E-state index is 12.9. The van der Waals surface area contributed by atoms with E-state index in [4.69, 9.17) is 9.47 Å². The third-order valence-corrected chi connectivity index (χ3v) is 4.06. The fourth-order valence-corrected chi connectivity index (χ4v) is 2.67. The average Bonchev–Trinajstić information content (AvgIpc) is 2.85. The van der Waals surface area contributed by atoms with Gasteiger partial charge in [-0.25, -0.2) is 4.39 Å². The van der Waals surface area contributed by atoms with Crippen LogP contribution < -0.4 is 10.6 Å². The predicted octanol–water partition coefficient (Wildman–Crippen LogP) is -0.443. The minimum Gasteiger partial charge on any atom is -0.388 e. The summed E-state index contributed by atoms with van der Waals surface area (Å²) in [5.41, 5.74) is 0.892. The zero-order valence-corrected chi connectivity index (χ0v) is 14.2. The molecule has 4 N–H and O–H groups in total. The first-order valence-electron chi connectivity index (χ1n) is 8.23. The number of hydrogen-bond acceptors (Lipinski definition) is 6. The van der Waals surface area contributed by atoms with Crippen LogP contribution in [0.15, 0.2) is 24.3 Å². The van der Waals surface area contributed by atoms with Crippen molar-refractivity contribution in [1.82, 2.24) is 10.6 Å². The van der Waals surface area contributed by atoms with Crippen LogP contribution in [0.25, 0.3) is 0 Å². The number of rotatable bonds is 9. The van der Waals surface area contributed by atoms with E-state index in [1.807, 2.05) is 0 Å². The summed E-state index contributed by atoms with van der Waals surface area (Å²) in [4.78, 5) is 11.8. The van der Waals surface area contributed by atoms with Gasteiger partial charge in [-0.2, -0.15) is 0 Å². The number of ether oxygens (including phenoxy) is 2. The zero-order chi connectivity index (χ0) is 18.2. The number of halogens is 1. The molecule has 1 aliphatic rings. The van der Waals surface area contributed by atoms with Crippen LogP contribution in [-0.4, -0.2) is 67.3 Å². The van der Waals surface area contributed by atoms with E-state index in [1.54, 1.807) is 12.1 Å². The molecule has 140 valence electrons. The lowest BCUT2D eigenvalue weighted by atomic mass is 10.1. The quantitative estimate of drug-likeness (QED) is 0.448. The largest absolute Gasteiger partial charge is 0.388 e. The fraction of sp³-hybridized carbons (Fsp3) is 0.588. The van der Waals surface area contributed by atoms with E-state index in [9.17, 15) is 19.4 Å². The third-order valence-electron chi connectivity index (χ3n) is 4.06. The van der Waals surface area contributed by atoms with E-state index in [0.29, 0.717) is 26.2 Å². The van der Waals surface area contributed by atoms with E-state index >= 15 is 0 Å². The highest BCUT2D eigenvalue weighted by atomic mass is 19.1. The molecule has 8 heteroatoms. The minimum absolute atomic E-state index is 0.0313. The summed E-state index contributed by atoms with van der Waals surface area (Å²) >= 11 is 0. The van der Waals surface area contributed by atoms with Gasteiger partial charge in [0.05, 0.1) is 25.2 Å². The molecule has 0 aliphatic carbocycles. The van der Waals surface area contributed by atoms with Crippen LogP contribution in [0.2, 0.25) is 0 Å². The van der Waals surface area contributed by atoms with E-state index in [-0.39, 0.29) is 18.1 Å². The summed E-state index contributed by atoms with van der Waals surface area (Å²) in [5, 5.41) is 25.9. The van der Waals surface area contributed by atoms with E-state index in [2.05, 4.69) is 10.6 Å². The van der Waals surface area contributed by atoms with Crippen molar-refractivity contribution in [3.05, 3.63) is 35.6 Å². The molecular weight excluding hydrogens is 331 g/mol. The molecule has 0 radical (unpaired) electrons. The van der Waals surface area contributed by atoms with Gasteiger partial charge in [0.1, 0.15) is 18.0 Å². The summed E-state index contributed by atoms with van der Waals surface area (Å²) in [6.07, 6.45) is -3.60. The Kier molecular flexibility index (Phi) is 7.73. The molecule has 1 aliphatic heterocycles. The lowest BCUT2D eigenvalue weighted by molar-refractivity contribution is -0.125. The van der Waals surface area contributed by atoms with Gasteiger partial charge in [-0.15, -0.1) is 0 Å². The molecule has 1 aromatic carbocycles. The number of aliphatic hydroxyl groups excluding tert-OH is 2. The van der Waals surface area contributed by atoms with Crippen molar-refractivity contribution in [2.45, 2.75) is 37.4 Å². The summed E-state index contributed by atoms with van der Waals surface area (Å²) in [7, 11) is 1.54. The molecule has 1 heterocycles. The van der Waals surface area contributed by atoms with Gasteiger partial charge in [0, 0.05) is 26.7 Å². The highest BCUT2D eigenvalue weighted by molar-refractivity contribution is 5.76. The second-order valence-corrected chi connectivity index (χ2v) is 6.00. The second kappa shape index (κ2) is 9.79. The van der Waals surface area contributed by atoms with E-state index in [1.165, 1.54) is 19.2 Å². The molecule has 0 spiro atoms. The summed E-state index contributed by atoms with van der Waals surface area (Å²) in [6.45, 7) is 1.56. The Hall–Kier alpha value is -1.58. The SMILES string of the molecule is COCCNC(=O)C[C@H]1O[C@H](CNCc2ccc(F)cc2)[C@@H](O)[C@H]1O. The Morgan fingerprint density at radius 2 is 1.92 bits per heavy atom. The molecule has 0 unspecified atom stereocenters. The standard InChI is InChI=1S/C17H25FN2O5/c1-24-7-6-20-15(21)8-13-16(22)17(23)14(25-13)10-19-9-11-2-4-12(18)5-3-11/h2-5,13-14,16-17,19,22-23H,6-10H2,1H3,(H,20,21)/t13-,14-,16+,17-/m1/s1. The van der Waals surface area contributed by atoms with Gasteiger partial charge in [0.2, 0.25) is 5.91 Å². The molecule has 0 aromatic heterocycles. The zero-order valence-electron chi connectivity index (χ0n) is 14.2. The summed E-state index contributed by atoms with van der Waals surface area (Å²) in [5.74, 6) is -0.568. The first-order chi connectivity index (χ1) is 12.0. The normalized spacial score (nSPS) is 25.9. The maximum atomic E-state index is 12.9. The number of benzene rings is 1. The highest BCUT2D eigenvalue weighted by Crippen LogP contribution is 2.23. The molecule has 1 fully saturated rings. The molecule has 1 amide bonds. The van der Waals surface area contributed by atoms with E-state index in [0.717, 1.165) is 5.56 Å². The lowest BCUT2D eigenvalue weighted by Crippen LogP contribution is -2.38. The Morgan fingerprint density at radius 3 is 2.60 bits per heavy atom. The van der Waals surface area contributed by atoms with Crippen molar-refractivity contribution in [2.24, 2.45) is 0 Å². The van der Waals surface area contributed by atoms with Gasteiger partial charge in [-0.1, -0.05) is 12.1 Å². The van der Waals surface area contributed by atoms with Gasteiger partial charge < -0.3 is 30.3 Å². The Morgan fingerprint density at radius 1 is 1.24 bits per heavy atom. The smallest absolute Gasteiger partial charge is 0.222 e. The van der Waals surface area contributed by atoms with Crippen LogP contribution >= 0.6 is 0 Å². The first-order valence-corrected chi connectivity index (χ1v) is 8.23. The monoisotopic (exact) mass is 356 g/mol. The number of carbonyl (C=O) groups excluding carboxylic acids is 1. The van der Waals surface area contributed by atoms with Crippen molar-refractivity contribution < 1.29 is 28.9 Å². The minimum atomic E-state index is -1.12. The van der Waals surface area contributed by atoms with Crippen LogP contribution in [0.3, 0.4) is 0 Å². The summed E-state index contributed by atoms with van der Waals surface area (Å²) < 4.78 is 23.3. The molecule has 7 nitrogen and oxygen atoms in total. The van der Waals surface area contributed by atoms with Crippen molar-refractivity contribution in [1.29, 1.82) is 0 Å². The lowest BCUT2D eigenvalue weighted by Gasteiger charge is -2.15. The van der Waals surface area contributed by atoms with Crippen molar-refractivity contribution in [3.8, 4) is 0 Å². The predicted molar refractivity (Wildman–Crippen MR) is 88.3 cm³/mol. The van der Waals surface area contributed by atoms with Crippen molar-refractivity contribution in [2.75, 3.05) is 26.8 Å². The Labute approximate surface area is 146 Å². The average molecular weight is 356 g/mol. The number of amides is 1. The number of aliphatic hydroxyl groups is 2. The molecular formula is C17H25FN2O5. The van der Waals surface area contributed by atoms with Crippen LogP contribution in [0.1, 0.15) is 12.0 Å². The van der Waals surface area contributed by atoms with Crippen LogP contribution in [0.5, 0.6) is 0 Å². The molecule has 0 saturated carbocycles. The van der Waals surface area contributed by atoms with Gasteiger partial charge in [0.15, 0.2) is 0 Å². The molecule has 1 aromatic rings. The van der Waals surface area contributed by atoms with Gasteiger partial charge in [0.25, 0.3) is 0 Å².